The van der Waals surface area contributed by atoms with Crippen molar-refractivity contribution in [1.29, 1.82) is 0 Å². The molecule has 186 valence electrons. The molecule has 0 saturated carbocycles. The van der Waals surface area contributed by atoms with Crippen LogP contribution < -0.4 is 9.64 Å². The minimum atomic E-state index is -0.836. The Morgan fingerprint density at radius 1 is 1.00 bits per heavy atom. The van der Waals surface area contributed by atoms with Gasteiger partial charge in [0, 0.05) is 11.3 Å². The Kier molecular flexibility index (Phi) is 6.39. The number of ether oxygens (including phenoxy) is 1. The Morgan fingerprint density at radius 2 is 1.76 bits per heavy atom. The Balaban J connectivity index is 1.67. The van der Waals surface area contributed by atoms with Gasteiger partial charge in [0.15, 0.2) is 5.76 Å². The molecule has 1 unspecified atom stereocenters. The molecule has 3 aromatic carbocycles. The van der Waals surface area contributed by atoms with Crippen molar-refractivity contribution in [2.24, 2.45) is 0 Å². The topological polar surface area (TPSA) is 79.7 Å². The lowest BCUT2D eigenvalue weighted by molar-refractivity contribution is -0.117. The van der Waals surface area contributed by atoms with E-state index in [0.717, 1.165) is 16.7 Å². The van der Waals surface area contributed by atoms with Gasteiger partial charge in [0.2, 0.25) is 5.78 Å². The molecular weight excluding hydrogens is 484 g/mol. The smallest absolute Gasteiger partial charge is 0.294 e. The van der Waals surface area contributed by atoms with Crippen LogP contribution in [-0.4, -0.2) is 28.9 Å². The number of carbonyl (C=O) groups is 2. The van der Waals surface area contributed by atoms with E-state index in [1.807, 2.05) is 74.5 Å². The number of benzene rings is 3. The highest BCUT2D eigenvalue weighted by Crippen LogP contribution is 2.44. The van der Waals surface area contributed by atoms with E-state index in [9.17, 15) is 14.7 Å². The van der Waals surface area contributed by atoms with Crippen molar-refractivity contribution in [3.8, 4) is 16.3 Å². The van der Waals surface area contributed by atoms with E-state index in [0.29, 0.717) is 32.6 Å². The Labute approximate surface area is 219 Å². The van der Waals surface area contributed by atoms with Gasteiger partial charge in [0.1, 0.15) is 10.8 Å². The number of aryl methyl sites for hydroxylation is 3. The highest BCUT2D eigenvalue weighted by molar-refractivity contribution is 7.17. The molecule has 1 N–H and O–H groups in total. The van der Waals surface area contributed by atoms with Crippen molar-refractivity contribution >= 4 is 28.7 Å². The van der Waals surface area contributed by atoms with Gasteiger partial charge in [-0.2, -0.15) is 0 Å². The molecule has 1 aromatic heterocycles. The van der Waals surface area contributed by atoms with Crippen molar-refractivity contribution in [2.45, 2.75) is 26.8 Å². The Hall–Kier alpha value is -4.23. The molecule has 6 nitrogen and oxygen atoms in total. The van der Waals surface area contributed by atoms with Crippen LogP contribution in [-0.2, 0) is 4.79 Å². The zero-order valence-electron chi connectivity index (χ0n) is 21.0. The molecule has 4 aromatic rings. The van der Waals surface area contributed by atoms with Gasteiger partial charge in [-0.3, -0.25) is 14.5 Å². The third-order valence-corrected chi connectivity index (χ3v) is 7.72. The summed E-state index contributed by atoms with van der Waals surface area (Å²) in [6.07, 6.45) is 0. The normalized spacial score (nSPS) is 15.4. The number of aliphatic hydroxyl groups is 1. The third kappa shape index (κ3) is 4.32. The number of nitrogens with zero attached hydrogens (tertiary/aromatic N) is 2. The first-order valence-electron chi connectivity index (χ1n) is 11.9. The first-order valence-corrected chi connectivity index (χ1v) is 12.7. The molecule has 1 aliphatic heterocycles. The van der Waals surface area contributed by atoms with E-state index in [1.54, 1.807) is 26.2 Å². The number of hydrogen-bond donors (Lipinski definition) is 1. The molecule has 5 rings (SSSR count). The number of rotatable bonds is 6. The summed E-state index contributed by atoms with van der Waals surface area (Å²) in [5, 5.41) is 11.9. The van der Waals surface area contributed by atoms with Gasteiger partial charge < -0.3 is 9.84 Å². The number of ketones is 1. The van der Waals surface area contributed by atoms with Crippen LogP contribution in [0.5, 0.6) is 5.75 Å². The molecule has 1 atom stereocenters. The van der Waals surface area contributed by atoms with E-state index >= 15 is 0 Å². The number of methoxy groups -OCH3 is 1. The van der Waals surface area contributed by atoms with E-state index in [-0.39, 0.29) is 5.57 Å². The van der Waals surface area contributed by atoms with Gasteiger partial charge >= 0.3 is 0 Å². The molecule has 7 heteroatoms. The summed E-state index contributed by atoms with van der Waals surface area (Å²) >= 11 is 1.26. The van der Waals surface area contributed by atoms with Crippen molar-refractivity contribution < 1.29 is 19.4 Å². The zero-order valence-corrected chi connectivity index (χ0v) is 21.8. The van der Waals surface area contributed by atoms with Gasteiger partial charge in [-0.15, -0.1) is 11.3 Å². The standard InChI is InChI=1S/C30H26N2O4S/c1-17-13-14-18(2)23(15-17)32-25(21-11-8-12-22(16-21)36-4)24(27(34)30(32)35)26(33)28-19(3)31-29(37-28)20-9-6-5-7-10-20/h5-16,25,34H,1-4H3. The van der Waals surface area contributed by atoms with E-state index in [2.05, 4.69) is 4.98 Å². The Bertz CT molecular complexity index is 1560. The SMILES string of the molecule is COc1cccc(C2C(C(=O)c3sc(-c4ccccc4)nc3C)=C(O)C(=O)N2c2cc(C)ccc2C)c1. The molecule has 37 heavy (non-hydrogen) atoms. The van der Waals surface area contributed by atoms with Crippen LogP contribution in [0.2, 0.25) is 0 Å². The van der Waals surface area contributed by atoms with Gasteiger partial charge in [0.05, 0.1) is 29.3 Å². The van der Waals surface area contributed by atoms with Crippen LogP contribution >= 0.6 is 11.3 Å². The van der Waals surface area contributed by atoms with Crippen molar-refractivity contribution in [1.82, 2.24) is 4.98 Å². The number of Topliss-reactive ketones (excluding diaryl/α,β-unsaturated/α-hetero) is 1. The summed E-state index contributed by atoms with van der Waals surface area (Å²) in [7, 11) is 1.56. The summed E-state index contributed by atoms with van der Waals surface area (Å²) in [5.74, 6) is -0.990. The molecule has 0 spiro atoms. The predicted octanol–water partition coefficient (Wildman–Crippen LogP) is 6.53. The van der Waals surface area contributed by atoms with Crippen LogP contribution in [0.1, 0.15) is 38.1 Å². The highest BCUT2D eigenvalue weighted by Gasteiger charge is 2.46. The van der Waals surface area contributed by atoms with Crippen molar-refractivity contribution in [3.05, 3.63) is 111 Å². The monoisotopic (exact) mass is 510 g/mol. The maximum absolute atomic E-state index is 14.1. The van der Waals surface area contributed by atoms with E-state index in [1.165, 1.54) is 16.2 Å². The fourth-order valence-electron chi connectivity index (χ4n) is 4.63. The first kappa shape index (κ1) is 24.5. The molecule has 2 heterocycles. The van der Waals surface area contributed by atoms with Crippen LogP contribution in [0, 0.1) is 20.8 Å². The molecule has 1 amide bonds. The van der Waals surface area contributed by atoms with Crippen molar-refractivity contribution in [3.63, 3.8) is 0 Å². The summed E-state index contributed by atoms with van der Waals surface area (Å²) in [6, 6.07) is 21.8. The number of hydrogen-bond acceptors (Lipinski definition) is 6. The highest BCUT2D eigenvalue weighted by atomic mass is 32.1. The van der Waals surface area contributed by atoms with Crippen LogP contribution in [0.4, 0.5) is 5.69 Å². The number of carbonyl (C=O) groups excluding carboxylic acids is 2. The number of aromatic nitrogens is 1. The summed E-state index contributed by atoms with van der Waals surface area (Å²) in [4.78, 5) is 34.2. The van der Waals surface area contributed by atoms with E-state index in [4.69, 9.17) is 4.74 Å². The van der Waals surface area contributed by atoms with Crippen LogP contribution in [0.3, 0.4) is 0 Å². The summed E-state index contributed by atoms with van der Waals surface area (Å²) in [6.45, 7) is 5.61. The molecule has 1 aliphatic rings. The van der Waals surface area contributed by atoms with Gasteiger partial charge in [-0.05, 0) is 55.7 Å². The number of anilines is 1. The first-order chi connectivity index (χ1) is 17.8. The minimum absolute atomic E-state index is 0.0329. The zero-order chi connectivity index (χ0) is 26.3. The van der Waals surface area contributed by atoms with Crippen molar-refractivity contribution in [2.75, 3.05) is 12.0 Å². The number of thiazole rings is 1. The number of aliphatic hydroxyl groups excluding tert-OH is 1. The molecule has 0 saturated heterocycles. The largest absolute Gasteiger partial charge is 0.503 e. The average molecular weight is 511 g/mol. The van der Waals surface area contributed by atoms with Gasteiger partial charge in [0.25, 0.3) is 5.91 Å². The summed E-state index contributed by atoms with van der Waals surface area (Å²) < 4.78 is 5.43. The molecule has 0 aliphatic carbocycles. The quantitative estimate of drug-likeness (QED) is 0.299. The lowest BCUT2D eigenvalue weighted by atomic mass is 9.94. The fraction of sp³-hybridized carbons (Fsp3) is 0.167. The third-order valence-electron chi connectivity index (χ3n) is 6.51. The average Bonchev–Trinajstić information content (AvgIpc) is 3.43. The molecule has 0 fully saturated rings. The second kappa shape index (κ2) is 9.67. The minimum Gasteiger partial charge on any atom is -0.503 e. The maximum atomic E-state index is 14.1. The maximum Gasteiger partial charge on any atom is 0.294 e. The molecular formula is C30H26N2O4S. The van der Waals surface area contributed by atoms with Gasteiger partial charge in [-0.25, -0.2) is 4.98 Å². The fourth-order valence-corrected chi connectivity index (χ4v) is 5.65. The summed E-state index contributed by atoms with van der Waals surface area (Å²) in [5.41, 5.74) is 4.60. The lowest BCUT2D eigenvalue weighted by Crippen LogP contribution is -2.31. The second-order valence-corrected chi connectivity index (χ2v) is 10.0. The second-order valence-electron chi connectivity index (χ2n) is 9.04. The lowest BCUT2D eigenvalue weighted by Gasteiger charge is -2.28. The van der Waals surface area contributed by atoms with E-state index < -0.39 is 23.5 Å². The van der Waals surface area contributed by atoms with Crippen LogP contribution in [0.15, 0.2) is 84.1 Å². The predicted molar refractivity (Wildman–Crippen MR) is 145 cm³/mol. The van der Waals surface area contributed by atoms with Gasteiger partial charge in [-0.1, -0.05) is 54.6 Å². The number of amides is 1. The molecule has 0 radical (unpaired) electrons. The van der Waals surface area contributed by atoms with Crippen LogP contribution in [0.25, 0.3) is 10.6 Å². The Morgan fingerprint density at radius 3 is 2.49 bits per heavy atom. The molecule has 0 bridgehead atoms.